The van der Waals surface area contributed by atoms with Crippen LogP contribution in [0.2, 0.25) is 10.0 Å². The molecule has 2 aromatic carbocycles. The molecule has 0 aliphatic carbocycles. The minimum Gasteiger partial charge on any atom is -0.205 e. The number of halogens is 4. The van der Waals surface area contributed by atoms with Gasteiger partial charge in [0.05, 0.1) is 10.0 Å². The fourth-order valence-electron chi connectivity index (χ4n) is 1.35. The average Bonchev–Trinajstić information content (AvgIpc) is 2.26. The van der Waals surface area contributed by atoms with Crippen molar-refractivity contribution in [1.29, 1.82) is 0 Å². The van der Waals surface area contributed by atoms with Gasteiger partial charge in [-0.15, -0.1) is 0 Å². The predicted octanol–water partition coefficient (Wildman–Crippen LogP) is 4.94. The Hall–Kier alpha value is -1.12. The first-order valence-electron chi connectivity index (χ1n) is 4.48. The van der Waals surface area contributed by atoms with Crippen LogP contribution in [0.5, 0.6) is 0 Å². The van der Waals surface area contributed by atoms with Gasteiger partial charge < -0.3 is 0 Å². The van der Waals surface area contributed by atoms with E-state index in [0.29, 0.717) is 11.1 Å². The van der Waals surface area contributed by atoms with Crippen molar-refractivity contribution in [3.05, 3.63) is 58.1 Å². The van der Waals surface area contributed by atoms with Gasteiger partial charge in [0, 0.05) is 0 Å². The molecular formula is C12H6Cl2F2. The summed E-state index contributed by atoms with van der Waals surface area (Å²) >= 11 is 11.3. The van der Waals surface area contributed by atoms with Crippen LogP contribution in [0.25, 0.3) is 11.1 Å². The van der Waals surface area contributed by atoms with Crippen molar-refractivity contribution in [3.63, 3.8) is 0 Å². The Bertz CT molecular complexity index is 489. The summed E-state index contributed by atoms with van der Waals surface area (Å²) in [6, 6.07) is 8.58. The Balaban J connectivity index is 2.50. The van der Waals surface area contributed by atoms with Gasteiger partial charge in [0.15, 0.2) is 0 Å². The number of hydrogen-bond acceptors (Lipinski definition) is 0. The minimum absolute atomic E-state index is 0.0259. The predicted molar refractivity (Wildman–Crippen MR) is 61.8 cm³/mol. The normalized spacial score (nSPS) is 10.5. The highest BCUT2D eigenvalue weighted by Gasteiger charge is 2.05. The van der Waals surface area contributed by atoms with E-state index in [-0.39, 0.29) is 10.0 Å². The van der Waals surface area contributed by atoms with E-state index in [0.717, 1.165) is 0 Å². The molecule has 0 heterocycles. The highest BCUT2D eigenvalue weighted by molar-refractivity contribution is 6.31. The maximum absolute atomic E-state index is 12.9. The molecule has 0 fully saturated rings. The van der Waals surface area contributed by atoms with E-state index in [4.69, 9.17) is 23.2 Å². The summed E-state index contributed by atoms with van der Waals surface area (Å²) in [5.74, 6) is -0.975. The molecule has 0 aromatic heterocycles. The molecule has 2 aromatic rings. The van der Waals surface area contributed by atoms with E-state index in [2.05, 4.69) is 0 Å². The number of benzene rings is 2. The lowest BCUT2D eigenvalue weighted by Gasteiger charge is -2.04. The van der Waals surface area contributed by atoms with Gasteiger partial charge in [-0.1, -0.05) is 35.3 Å². The third-order valence-corrected chi connectivity index (χ3v) is 2.75. The van der Waals surface area contributed by atoms with Crippen molar-refractivity contribution in [3.8, 4) is 11.1 Å². The molecule has 0 amide bonds. The van der Waals surface area contributed by atoms with Crippen LogP contribution in [0.4, 0.5) is 8.78 Å². The van der Waals surface area contributed by atoms with E-state index >= 15 is 0 Å². The summed E-state index contributed by atoms with van der Waals surface area (Å²) in [5.41, 5.74) is 1.38. The van der Waals surface area contributed by atoms with Crippen molar-refractivity contribution in [2.24, 2.45) is 0 Å². The van der Waals surface area contributed by atoms with Crippen molar-refractivity contribution in [2.75, 3.05) is 0 Å². The molecule has 2 rings (SSSR count). The van der Waals surface area contributed by atoms with Gasteiger partial charge >= 0.3 is 0 Å². The Morgan fingerprint density at radius 3 is 1.38 bits per heavy atom. The molecule has 0 saturated heterocycles. The maximum Gasteiger partial charge on any atom is 0.141 e. The molecule has 0 spiro atoms. The Kier molecular flexibility index (Phi) is 3.13. The van der Waals surface area contributed by atoms with Crippen LogP contribution >= 0.6 is 23.2 Å². The van der Waals surface area contributed by atoms with Gasteiger partial charge in [-0.2, -0.15) is 0 Å². The Morgan fingerprint density at radius 2 is 1.06 bits per heavy atom. The fourth-order valence-corrected chi connectivity index (χ4v) is 1.71. The molecule has 0 saturated carbocycles. The standard InChI is InChI=1S/C12H6Cl2F2/c13-9-5-7(1-3-11(9)15)8-2-4-12(16)10(14)6-8/h1-6H. The van der Waals surface area contributed by atoms with E-state index < -0.39 is 11.6 Å². The second-order valence-electron chi connectivity index (χ2n) is 3.26. The molecule has 0 aliphatic heterocycles. The zero-order valence-corrected chi connectivity index (χ0v) is 9.49. The first-order chi connectivity index (χ1) is 7.58. The first-order valence-corrected chi connectivity index (χ1v) is 5.24. The van der Waals surface area contributed by atoms with Crippen molar-refractivity contribution in [1.82, 2.24) is 0 Å². The van der Waals surface area contributed by atoms with Crippen LogP contribution in [-0.2, 0) is 0 Å². The summed E-state index contributed by atoms with van der Waals surface area (Å²) in [6.45, 7) is 0. The fraction of sp³-hybridized carbons (Fsp3) is 0. The quantitative estimate of drug-likeness (QED) is 0.680. The molecule has 0 bridgehead atoms. The van der Waals surface area contributed by atoms with Gasteiger partial charge in [-0.3, -0.25) is 0 Å². The van der Waals surface area contributed by atoms with Crippen LogP contribution in [0.1, 0.15) is 0 Å². The van der Waals surface area contributed by atoms with E-state index in [1.165, 1.54) is 24.3 Å². The SMILES string of the molecule is Fc1ccc(-c2ccc(F)c(Cl)c2)cc1Cl. The second-order valence-corrected chi connectivity index (χ2v) is 4.07. The van der Waals surface area contributed by atoms with Crippen molar-refractivity contribution >= 4 is 23.2 Å². The molecule has 0 aliphatic rings. The third kappa shape index (κ3) is 2.18. The highest BCUT2D eigenvalue weighted by atomic mass is 35.5. The monoisotopic (exact) mass is 258 g/mol. The molecular weight excluding hydrogens is 253 g/mol. The van der Waals surface area contributed by atoms with Crippen LogP contribution in [0, 0.1) is 11.6 Å². The topological polar surface area (TPSA) is 0 Å². The molecule has 16 heavy (non-hydrogen) atoms. The van der Waals surface area contributed by atoms with Crippen molar-refractivity contribution in [2.45, 2.75) is 0 Å². The van der Waals surface area contributed by atoms with Crippen molar-refractivity contribution < 1.29 is 8.78 Å². The van der Waals surface area contributed by atoms with Crippen LogP contribution < -0.4 is 0 Å². The van der Waals surface area contributed by atoms with Gasteiger partial charge in [-0.25, -0.2) is 8.78 Å². The molecule has 0 unspecified atom stereocenters. The summed E-state index contributed by atoms with van der Waals surface area (Å²) in [5, 5.41) is 0.0518. The average molecular weight is 259 g/mol. The van der Waals surface area contributed by atoms with Gasteiger partial charge in [0.1, 0.15) is 11.6 Å². The smallest absolute Gasteiger partial charge is 0.141 e. The largest absolute Gasteiger partial charge is 0.205 e. The van der Waals surface area contributed by atoms with Gasteiger partial charge in [0.2, 0.25) is 0 Å². The van der Waals surface area contributed by atoms with Crippen LogP contribution in [0.15, 0.2) is 36.4 Å². The molecule has 4 heteroatoms. The third-order valence-electron chi connectivity index (χ3n) is 2.17. The first kappa shape index (κ1) is 11.4. The highest BCUT2D eigenvalue weighted by Crippen LogP contribution is 2.27. The summed E-state index contributed by atoms with van der Waals surface area (Å²) in [7, 11) is 0. The second kappa shape index (κ2) is 4.40. The molecule has 0 radical (unpaired) electrons. The van der Waals surface area contributed by atoms with Crippen LogP contribution in [0.3, 0.4) is 0 Å². The maximum atomic E-state index is 12.9. The summed E-state index contributed by atoms with van der Waals surface area (Å²) in [6.07, 6.45) is 0. The molecule has 0 N–H and O–H groups in total. The van der Waals surface area contributed by atoms with E-state index in [9.17, 15) is 8.78 Å². The lowest BCUT2D eigenvalue weighted by atomic mass is 10.1. The Labute approximate surface area is 101 Å². The molecule has 82 valence electrons. The Morgan fingerprint density at radius 1 is 0.688 bits per heavy atom. The zero-order valence-electron chi connectivity index (χ0n) is 7.98. The van der Waals surface area contributed by atoms with Gasteiger partial charge in [-0.05, 0) is 35.4 Å². The van der Waals surface area contributed by atoms with Crippen LogP contribution in [-0.4, -0.2) is 0 Å². The molecule has 0 nitrogen and oxygen atoms in total. The lowest BCUT2D eigenvalue weighted by Crippen LogP contribution is -1.83. The number of hydrogen-bond donors (Lipinski definition) is 0. The minimum atomic E-state index is -0.487. The van der Waals surface area contributed by atoms with Gasteiger partial charge in [0.25, 0.3) is 0 Å². The lowest BCUT2D eigenvalue weighted by molar-refractivity contribution is 0.627. The summed E-state index contributed by atoms with van der Waals surface area (Å²) < 4.78 is 25.9. The van der Waals surface area contributed by atoms with E-state index in [1.54, 1.807) is 12.1 Å². The zero-order chi connectivity index (χ0) is 11.7. The summed E-state index contributed by atoms with van der Waals surface area (Å²) in [4.78, 5) is 0. The number of rotatable bonds is 1. The molecule has 0 atom stereocenters. The van der Waals surface area contributed by atoms with E-state index in [1.807, 2.05) is 0 Å².